The fourth-order valence-corrected chi connectivity index (χ4v) is 4.95. The number of piperidine rings is 2. The molecule has 1 spiro atoms. The van der Waals surface area contributed by atoms with Crippen LogP contribution in [0.1, 0.15) is 19.3 Å². The number of fused-ring (bicyclic) bond motifs is 2. The van der Waals surface area contributed by atoms with E-state index in [0.29, 0.717) is 30.2 Å². The van der Waals surface area contributed by atoms with Crippen molar-refractivity contribution in [2.45, 2.75) is 30.8 Å². The van der Waals surface area contributed by atoms with Gasteiger partial charge in [-0.2, -0.15) is 0 Å². The fourth-order valence-electron chi connectivity index (χ4n) is 4.95. The highest BCUT2D eigenvalue weighted by atomic mass is 16.2. The SMILES string of the molecule is C=CC[C@@H]1N2C[C@@H]3C[C@@H](C2)[C@]12C=CCC(=O)N2C3. The average Bonchev–Trinajstić information content (AvgIpc) is 2.50. The highest BCUT2D eigenvalue weighted by molar-refractivity contribution is 5.81. The molecule has 96 valence electrons. The van der Waals surface area contributed by atoms with Gasteiger partial charge in [0, 0.05) is 38.0 Å². The standard InChI is InChI=1S/C15H20N2O/c1-2-4-13-15-6-3-5-14(18)17(15)9-11-7-12(15)10-16(13)8-11/h2-3,6,11-13H,1,4-5,7-10H2/t11-,12-,13-,15+/m0/s1. The van der Waals surface area contributed by atoms with E-state index < -0.39 is 0 Å². The molecule has 1 amide bonds. The summed E-state index contributed by atoms with van der Waals surface area (Å²) in [5.41, 5.74) is -0.00345. The Hall–Kier alpha value is -1.09. The zero-order chi connectivity index (χ0) is 12.3. The van der Waals surface area contributed by atoms with Gasteiger partial charge in [0.15, 0.2) is 0 Å². The van der Waals surface area contributed by atoms with E-state index in [9.17, 15) is 4.79 Å². The third kappa shape index (κ3) is 1.11. The van der Waals surface area contributed by atoms with Crippen molar-refractivity contribution in [1.82, 2.24) is 9.80 Å². The second-order valence-electron chi connectivity index (χ2n) is 6.29. The molecule has 3 heteroatoms. The largest absolute Gasteiger partial charge is 0.331 e. The fraction of sp³-hybridized carbons (Fsp3) is 0.667. The minimum Gasteiger partial charge on any atom is -0.331 e. The third-order valence-corrected chi connectivity index (χ3v) is 5.47. The second kappa shape index (κ2) is 3.47. The predicted molar refractivity (Wildman–Crippen MR) is 70.0 cm³/mol. The van der Waals surface area contributed by atoms with Gasteiger partial charge in [-0.25, -0.2) is 0 Å². The van der Waals surface area contributed by atoms with E-state index in [-0.39, 0.29) is 5.54 Å². The van der Waals surface area contributed by atoms with Crippen LogP contribution in [-0.2, 0) is 4.79 Å². The van der Waals surface area contributed by atoms with Crippen LogP contribution in [0, 0.1) is 11.8 Å². The molecule has 4 aliphatic rings. The summed E-state index contributed by atoms with van der Waals surface area (Å²) in [6.45, 7) is 7.24. The summed E-state index contributed by atoms with van der Waals surface area (Å²) in [6.07, 6.45) is 9.39. The summed E-state index contributed by atoms with van der Waals surface area (Å²) in [5, 5.41) is 0. The van der Waals surface area contributed by atoms with Crippen LogP contribution >= 0.6 is 0 Å². The van der Waals surface area contributed by atoms with Crippen LogP contribution in [0.25, 0.3) is 0 Å². The molecule has 5 atom stereocenters. The lowest BCUT2D eigenvalue weighted by Crippen LogP contribution is -2.63. The molecule has 4 aliphatic heterocycles. The first-order valence-corrected chi connectivity index (χ1v) is 7.09. The number of hydrogen-bond acceptors (Lipinski definition) is 2. The summed E-state index contributed by atoms with van der Waals surface area (Å²) >= 11 is 0. The summed E-state index contributed by atoms with van der Waals surface area (Å²) in [4.78, 5) is 17.1. The van der Waals surface area contributed by atoms with Crippen molar-refractivity contribution in [3.63, 3.8) is 0 Å². The molecule has 4 rings (SSSR count). The number of amides is 1. The Bertz CT molecular complexity index is 444. The number of hydrogen-bond donors (Lipinski definition) is 0. The van der Waals surface area contributed by atoms with Crippen LogP contribution < -0.4 is 0 Å². The van der Waals surface area contributed by atoms with E-state index in [0.717, 1.165) is 13.0 Å². The monoisotopic (exact) mass is 244 g/mol. The maximum absolute atomic E-state index is 12.3. The Balaban J connectivity index is 1.87. The van der Waals surface area contributed by atoms with Crippen LogP contribution in [0.3, 0.4) is 0 Å². The Kier molecular flexibility index (Phi) is 2.08. The summed E-state index contributed by atoms with van der Waals surface area (Å²) < 4.78 is 0. The summed E-state index contributed by atoms with van der Waals surface area (Å²) in [7, 11) is 0. The quantitative estimate of drug-likeness (QED) is 0.686. The van der Waals surface area contributed by atoms with Gasteiger partial charge >= 0.3 is 0 Å². The molecule has 18 heavy (non-hydrogen) atoms. The highest BCUT2D eigenvalue weighted by Crippen LogP contribution is 2.53. The maximum atomic E-state index is 12.3. The van der Waals surface area contributed by atoms with Crippen LogP contribution in [0.4, 0.5) is 0 Å². The third-order valence-electron chi connectivity index (χ3n) is 5.47. The zero-order valence-corrected chi connectivity index (χ0v) is 10.7. The van der Waals surface area contributed by atoms with Gasteiger partial charge in [-0.05, 0) is 18.8 Å². The Labute approximate surface area is 108 Å². The van der Waals surface area contributed by atoms with Gasteiger partial charge in [0.25, 0.3) is 0 Å². The number of carbonyl (C=O) groups is 1. The first-order chi connectivity index (χ1) is 8.75. The Morgan fingerprint density at radius 3 is 3.17 bits per heavy atom. The smallest absolute Gasteiger partial charge is 0.227 e. The predicted octanol–water partition coefficient (Wildman–Crippen LogP) is 1.42. The first-order valence-electron chi connectivity index (χ1n) is 7.09. The van der Waals surface area contributed by atoms with Crippen molar-refractivity contribution >= 4 is 5.91 Å². The van der Waals surface area contributed by atoms with E-state index in [1.807, 2.05) is 6.08 Å². The lowest BCUT2D eigenvalue weighted by atomic mass is 9.70. The molecule has 0 aromatic carbocycles. The van der Waals surface area contributed by atoms with Gasteiger partial charge in [-0.1, -0.05) is 18.2 Å². The molecule has 0 radical (unpaired) electrons. The van der Waals surface area contributed by atoms with E-state index in [1.165, 1.54) is 19.5 Å². The van der Waals surface area contributed by atoms with Gasteiger partial charge in [-0.3, -0.25) is 9.69 Å². The molecule has 3 bridgehead atoms. The highest BCUT2D eigenvalue weighted by Gasteiger charge is 2.62. The van der Waals surface area contributed by atoms with Crippen LogP contribution in [-0.4, -0.2) is 46.9 Å². The Morgan fingerprint density at radius 1 is 1.44 bits per heavy atom. The van der Waals surface area contributed by atoms with Gasteiger partial charge in [0.1, 0.15) is 0 Å². The molecular formula is C15H20N2O. The minimum absolute atomic E-state index is 0.00345. The average molecular weight is 244 g/mol. The van der Waals surface area contributed by atoms with E-state index in [2.05, 4.69) is 28.5 Å². The van der Waals surface area contributed by atoms with Gasteiger partial charge in [0.2, 0.25) is 5.91 Å². The van der Waals surface area contributed by atoms with Crippen LogP contribution in [0.2, 0.25) is 0 Å². The van der Waals surface area contributed by atoms with E-state index in [1.54, 1.807) is 0 Å². The van der Waals surface area contributed by atoms with Crippen LogP contribution in [0.5, 0.6) is 0 Å². The molecule has 4 heterocycles. The number of nitrogens with zero attached hydrogens (tertiary/aromatic N) is 2. The lowest BCUT2D eigenvalue weighted by molar-refractivity contribution is -0.141. The molecule has 3 nitrogen and oxygen atoms in total. The van der Waals surface area contributed by atoms with Gasteiger partial charge < -0.3 is 4.90 Å². The van der Waals surface area contributed by atoms with Gasteiger partial charge in [0.05, 0.1) is 5.54 Å². The lowest BCUT2D eigenvalue weighted by Gasteiger charge is -2.52. The molecule has 0 aromatic rings. The van der Waals surface area contributed by atoms with Crippen molar-refractivity contribution in [3.8, 4) is 0 Å². The molecule has 0 saturated carbocycles. The normalized spacial score (nSPS) is 48.4. The van der Waals surface area contributed by atoms with Crippen molar-refractivity contribution in [1.29, 1.82) is 0 Å². The molecule has 1 unspecified atom stereocenters. The summed E-state index contributed by atoms with van der Waals surface area (Å²) in [6, 6.07) is 0.466. The van der Waals surface area contributed by atoms with Crippen molar-refractivity contribution < 1.29 is 4.79 Å². The molecule has 0 aliphatic carbocycles. The summed E-state index contributed by atoms with van der Waals surface area (Å²) in [5.74, 6) is 1.68. The van der Waals surface area contributed by atoms with Crippen molar-refractivity contribution in [2.75, 3.05) is 19.6 Å². The zero-order valence-electron chi connectivity index (χ0n) is 10.7. The number of rotatable bonds is 2. The molecule has 0 aromatic heterocycles. The molecule has 3 fully saturated rings. The van der Waals surface area contributed by atoms with E-state index >= 15 is 0 Å². The Morgan fingerprint density at radius 2 is 2.33 bits per heavy atom. The van der Waals surface area contributed by atoms with Crippen LogP contribution in [0.15, 0.2) is 24.8 Å². The van der Waals surface area contributed by atoms with Crippen molar-refractivity contribution in [2.24, 2.45) is 11.8 Å². The number of carbonyl (C=O) groups excluding carboxylic acids is 1. The maximum Gasteiger partial charge on any atom is 0.227 e. The minimum atomic E-state index is -0.00345. The van der Waals surface area contributed by atoms with E-state index in [4.69, 9.17) is 0 Å². The molecule has 3 saturated heterocycles. The topological polar surface area (TPSA) is 23.6 Å². The first kappa shape index (κ1) is 10.8. The second-order valence-corrected chi connectivity index (χ2v) is 6.29. The van der Waals surface area contributed by atoms with Crippen molar-refractivity contribution in [3.05, 3.63) is 24.8 Å². The molecular weight excluding hydrogens is 224 g/mol. The van der Waals surface area contributed by atoms with Gasteiger partial charge in [-0.15, -0.1) is 6.58 Å². The molecule has 0 N–H and O–H groups in total.